The van der Waals surface area contributed by atoms with E-state index in [2.05, 4.69) is 0 Å². The zero-order valence-electron chi connectivity index (χ0n) is 16.8. The minimum atomic E-state index is -0.380. The highest BCUT2D eigenvalue weighted by molar-refractivity contribution is 5.95. The third kappa shape index (κ3) is 3.87. The molecule has 0 saturated heterocycles. The van der Waals surface area contributed by atoms with Gasteiger partial charge in [0, 0.05) is 19.3 Å². The number of rotatable bonds is 6. The number of ether oxygens (including phenoxy) is 3. The first-order chi connectivity index (χ1) is 14.5. The summed E-state index contributed by atoms with van der Waals surface area (Å²) in [6, 6.07) is 16.4. The summed E-state index contributed by atoms with van der Waals surface area (Å²) in [6.45, 7) is 2.59. The fourth-order valence-corrected chi connectivity index (χ4v) is 3.23. The van der Waals surface area contributed by atoms with Crippen molar-refractivity contribution >= 4 is 5.91 Å². The van der Waals surface area contributed by atoms with Crippen LogP contribution in [0.25, 0.3) is 5.69 Å². The van der Waals surface area contributed by atoms with E-state index < -0.39 is 0 Å². The van der Waals surface area contributed by atoms with Gasteiger partial charge in [-0.3, -0.25) is 14.2 Å². The summed E-state index contributed by atoms with van der Waals surface area (Å²) in [5.74, 6) is 1.60. The maximum absolute atomic E-state index is 13.1. The molecule has 1 aliphatic rings. The zero-order chi connectivity index (χ0) is 21.1. The van der Waals surface area contributed by atoms with Gasteiger partial charge in [-0.25, -0.2) is 0 Å². The number of para-hydroxylation sites is 1. The largest absolute Gasteiger partial charge is 0.492 e. The van der Waals surface area contributed by atoms with Crippen LogP contribution in [0, 0.1) is 6.92 Å². The minimum absolute atomic E-state index is 0.136. The number of amides is 1. The van der Waals surface area contributed by atoms with Crippen molar-refractivity contribution in [3.05, 3.63) is 82.3 Å². The smallest absolute Gasteiger partial charge is 0.268 e. The Morgan fingerprint density at radius 3 is 2.67 bits per heavy atom. The van der Waals surface area contributed by atoms with Crippen molar-refractivity contribution in [2.24, 2.45) is 0 Å². The van der Waals surface area contributed by atoms with Gasteiger partial charge in [0.25, 0.3) is 11.5 Å². The lowest BCUT2D eigenvalue weighted by molar-refractivity contribution is 0.0771. The van der Waals surface area contributed by atoms with Crippen LogP contribution in [0.3, 0.4) is 0 Å². The molecule has 1 aromatic heterocycles. The van der Waals surface area contributed by atoms with Crippen LogP contribution < -0.4 is 19.8 Å². The average Bonchev–Trinajstić information content (AvgIpc) is 3.22. The van der Waals surface area contributed by atoms with Crippen molar-refractivity contribution in [3.8, 4) is 22.9 Å². The Balaban J connectivity index is 1.54. The van der Waals surface area contributed by atoms with Gasteiger partial charge in [0.2, 0.25) is 6.79 Å². The van der Waals surface area contributed by atoms with Crippen LogP contribution in [0.5, 0.6) is 17.2 Å². The summed E-state index contributed by atoms with van der Waals surface area (Å²) >= 11 is 0. The summed E-state index contributed by atoms with van der Waals surface area (Å²) in [7, 11) is 1.66. The molecule has 0 fully saturated rings. The topological polar surface area (TPSA) is 70.0 Å². The highest BCUT2D eigenvalue weighted by Crippen LogP contribution is 2.33. The van der Waals surface area contributed by atoms with Crippen LogP contribution in [-0.2, 0) is 0 Å². The Morgan fingerprint density at radius 2 is 1.87 bits per heavy atom. The molecule has 0 aliphatic carbocycles. The van der Waals surface area contributed by atoms with Crippen LogP contribution in [-0.4, -0.2) is 42.4 Å². The van der Waals surface area contributed by atoms with Crippen LogP contribution in [0.2, 0.25) is 0 Å². The van der Waals surface area contributed by atoms with E-state index in [1.54, 1.807) is 44.4 Å². The normalized spacial score (nSPS) is 11.9. The third-order valence-corrected chi connectivity index (χ3v) is 4.93. The van der Waals surface area contributed by atoms with E-state index in [4.69, 9.17) is 14.2 Å². The van der Waals surface area contributed by atoms with E-state index >= 15 is 0 Å². The van der Waals surface area contributed by atoms with Crippen molar-refractivity contribution in [2.75, 3.05) is 27.0 Å². The molecule has 0 bridgehead atoms. The van der Waals surface area contributed by atoms with E-state index in [-0.39, 0.29) is 23.8 Å². The molecule has 0 radical (unpaired) electrons. The maximum atomic E-state index is 13.1. The van der Waals surface area contributed by atoms with Crippen molar-refractivity contribution < 1.29 is 19.0 Å². The first-order valence-electron chi connectivity index (χ1n) is 9.60. The number of aryl methyl sites for hydroxylation is 1. The summed E-state index contributed by atoms with van der Waals surface area (Å²) < 4.78 is 17.8. The van der Waals surface area contributed by atoms with E-state index in [0.29, 0.717) is 35.9 Å². The first kappa shape index (κ1) is 19.6. The van der Waals surface area contributed by atoms with Crippen molar-refractivity contribution in [1.82, 2.24) is 9.47 Å². The van der Waals surface area contributed by atoms with Crippen LogP contribution >= 0.6 is 0 Å². The molecule has 30 heavy (non-hydrogen) atoms. The fourth-order valence-electron chi connectivity index (χ4n) is 3.23. The standard InChI is InChI=1S/C23H22N2O5/c1-16-10-11-25(17-8-9-19-20(14-17)30-15-29-19)23(27)21(16)22(26)24(2)12-13-28-18-6-4-3-5-7-18/h3-11,14H,12-13,15H2,1-2H3. The average molecular weight is 406 g/mol. The number of benzene rings is 2. The predicted molar refractivity (Wildman–Crippen MR) is 112 cm³/mol. The summed E-state index contributed by atoms with van der Waals surface area (Å²) in [6.07, 6.45) is 1.66. The van der Waals surface area contributed by atoms with Gasteiger partial charge in [-0.2, -0.15) is 0 Å². The molecule has 1 amide bonds. The molecule has 3 aromatic rings. The van der Waals surface area contributed by atoms with Gasteiger partial charge in [-0.05, 0) is 42.8 Å². The van der Waals surface area contributed by atoms with Gasteiger partial charge in [0.1, 0.15) is 17.9 Å². The molecule has 1 aliphatic heterocycles. The minimum Gasteiger partial charge on any atom is -0.492 e. The number of carbonyl (C=O) groups is 1. The molecule has 2 heterocycles. The number of fused-ring (bicyclic) bond motifs is 1. The number of hydrogen-bond acceptors (Lipinski definition) is 5. The van der Waals surface area contributed by atoms with Gasteiger partial charge >= 0.3 is 0 Å². The summed E-state index contributed by atoms with van der Waals surface area (Å²) in [5, 5.41) is 0. The molecule has 7 nitrogen and oxygen atoms in total. The second kappa shape index (κ2) is 8.32. The van der Waals surface area contributed by atoms with Crippen LogP contribution in [0.15, 0.2) is 65.6 Å². The molecule has 4 rings (SSSR count). The van der Waals surface area contributed by atoms with Gasteiger partial charge in [0.05, 0.1) is 12.2 Å². The molecule has 154 valence electrons. The van der Waals surface area contributed by atoms with Gasteiger partial charge < -0.3 is 19.1 Å². The predicted octanol–water partition coefficient (Wildman–Crippen LogP) is 3.03. The number of hydrogen-bond donors (Lipinski definition) is 0. The molecular weight excluding hydrogens is 384 g/mol. The monoisotopic (exact) mass is 406 g/mol. The second-order valence-electron chi connectivity index (χ2n) is 6.97. The Hall–Kier alpha value is -3.74. The van der Waals surface area contributed by atoms with E-state index in [1.807, 2.05) is 30.3 Å². The van der Waals surface area contributed by atoms with Gasteiger partial charge in [0.15, 0.2) is 11.5 Å². The van der Waals surface area contributed by atoms with Gasteiger partial charge in [-0.1, -0.05) is 18.2 Å². The highest BCUT2D eigenvalue weighted by atomic mass is 16.7. The first-order valence-corrected chi connectivity index (χ1v) is 9.60. The SMILES string of the molecule is Cc1ccn(-c2ccc3c(c2)OCO3)c(=O)c1C(=O)N(C)CCOc1ccccc1. The Bertz CT molecular complexity index is 1120. The fraction of sp³-hybridized carbons (Fsp3) is 0.217. The number of carbonyl (C=O) groups excluding carboxylic acids is 1. The molecule has 2 aromatic carbocycles. The second-order valence-corrected chi connectivity index (χ2v) is 6.97. The summed E-state index contributed by atoms with van der Waals surface area (Å²) in [4.78, 5) is 27.7. The molecule has 0 atom stereocenters. The Kier molecular flexibility index (Phi) is 5.43. The Morgan fingerprint density at radius 1 is 1.10 bits per heavy atom. The highest BCUT2D eigenvalue weighted by Gasteiger charge is 2.21. The quantitative estimate of drug-likeness (QED) is 0.629. The van der Waals surface area contributed by atoms with Crippen molar-refractivity contribution in [3.63, 3.8) is 0 Å². The van der Waals surface area contributed by atoms with Crippen molar-refractivity contribution in [2.45, 2.75) is 6.92 Å². The molecule has 0 saturated carbocycles. The van der Waals surface area contributed by atoms with Gasteiger partial charge in [-0.15, -0.1) is 0 Å². The van der Waals surface area contributed by atoms with E-state index in [9.17, 15) is 9.59 Å². The molecular formula is C23H22N2O5. The maximum Gasteiger partial charge on any atom is 0.268 e. The molecule has 0 spiro atoms. The third-order valence-electron chi connectivity index (χ3n) is 4.93. The molecule has 0 unspecified atom stereocenters. The number of aromatic nitrogens is 1. The number of likely N-dealkylation sites (N-methyl/N-ethyl adjacent to an activating group) is 1. The Labute approximate surface area is 174 Å². The lowest BCUT2D eigenvalue weighted by Crippen LogP contribution is -2.36. The lowest BCUT2D eigenvalue weighted by atomic mass is 10.1. The number of nitrogens with zero attached hydrogens (tertiary/aromatic N) is 2. The van der Waals surface area contributed by atoms with Crippen molar-refractivity contribution in [1.29, 1.82) is 0 Å². The van der Waals surface area contributed by atoms with E-state index in [1.165, 1.54) is 9.47 Å². The zero-order valence-corrected chi connectivity index (χ0v) is 16.8. The van der Waals surface area contributed by atoms with Crippen LogP contribution in [0.1, 0.15) is 15.9 Å². The molecule has 0 N–H and O–H groups in total. The number of pyridine rings is 1. The lowest BCUT2D eigenvalue weighted by Gasteiger charge is -2.19. The van der Waals surface area contributed by atoms with Crippen LogP contribution in [0.4, 0.5) is 0 Å². The molecule has 7 heteroatoms. The summed E-state index contributed by atoms with van der Waals surface area (Å²) in [5.41, 5.74) is 0.984. The van der Waals surface area contributed by atoms with E-state index in [0.717, 1.165) is 5.75 Å².